The monoisotopic (exact) mass is 384 g/mol. The standard InChI is InChI=1S/C22H22F2N2O2/c1-14(2)16-4-7-18(8-5-16)26-11-10-25(21(26)27)15(3)22(13-28-22)19-9-6-17(23)12-20(19)24/h4-12,14-15H,13H2,1-3H3/t15-,22-/m1/s1. The van der Waals surface area contributed by atoms with Gasteiger partial charge in [-0.2, -0.15) is 0 Å². The van der Waals surface area contributed by atoms with E-state index in [1.165, 1.54) is 22.3 Å². The van der Waals surface area contributed by atoms with Crippen LogP contribution in [0.5, 0.6) is 0 Å². The predicted octanol–water partition coefficient (Wildman–Crippen LogP) is 4.53. The number of benzene rings is 2. The van der Waals surface area contributed by atoms with Crippen LogP contribution < -0.4 is 5.69 Å². The molecule has 2 atom stereocenters. The molecule has 1 saturated heterocycles. The SMILES string of the molecule is CC(C)c1ccc(-n2ccn([C@H](C)[C@@]3(c4ccc(F)cc4F)CO3)c2=O)cc1. The minimum atomic E-state index is -0.963. The van der Waals surface area contributed by atoms with Crippen molar-refractivity contribution in [3.63, 3.8) is 0 Å². The fraction of sp³-hybridized carbons (Fsp3) is 0.318. The van der Waals surface area contributed by atoms with Gasteiger partial charge in [-0.05, 0) is 36.6 Å². The zero-order valence-corrected chi connectivity index (χ0v) is 16.0. The summed E-state index contributed by atoms with van der Waals surface area (Å²) in [6, 6.07) is 10.8. The van der Waals surface area contributed by atoms with Crippen LogP contribution in [0, 0.1) is 11.6 Å². The lowest BCUT2D eigenvalue weighted by atomic mass is 9.92. The van der Waals surface area contributed by atoms with Crippen molar-refractivity contribution in [2.75, 3.05) is 6.61 Å². The van der Waals surface area contributed by atoms with Crippen molar-refractivity contribution in [3.8, 4) is 5.69 Å². The third kappa shape index (κ3) is 2.98. The Balaban J connectivity index is 1.68. The zero-order valence-electron chi connectivity index (χ0n) is 16.0. The summed E-state index contributed by atoms with van der Waals surface area (Å²) < 4.78 is 36.3. The average molecular weight is 384 g/mol. The van der Waals surface area contributed by atoms with Crippen LogP contribution in [-0.2, 0) is 10.3 Å². The second kappa shape index (κ2) is 6.71. The number of rotatable bonds is 5. The molecule has 1 aromatic heterocycles. The fourth-order valence-corrected chi connectivity index (χ4v) is 3.66. The lowest BCUT2D eigenvalue weighted by Crippen LogP contribution is -2.32. The summed E-state index contributed by atoms with van der Waals surface area (Å²) in [6.07, 6.45) is 3.37. The van der Waals surface area contributed by atoms with E-state index < -0.39 is 23.3 Å². The maximum absolute atomic E-state index is 14.3. The van der Waals surface area contributed by atoms with Crippen molar-refractivity contribution in [1.82, 2.24) is 9.13 Å². The fourth-order valence-electron chi connectivity index (χ4n) is 3.66. The van der Waals surface area contributed by atoms with E-state index in [9.17, 15) is 13.6 Å². The van der Waals surface area contributed by atoms with E-state index in [1.807, 2.05) is 31.2 Å². The Morgan fingerprint density at radius 1 is 1.04 bits per heavy atom. The van der Waals surface area contributed by atoms with Crippen molar-refractivity contribution in [1.29, 1.82) is 0 Å². The third-order valence-corrected chi connectivity index (χ3v) is 5.58. The number of hydrogen-bond acceptors (Lipinski definition) is 2. The van der Waals surface area contributed by atoms with Crippen LogP contribution in [0.3, 0.4) is 0 Å². The molecule has 1 fully saturated rings. The Bertz CT molecular complexity index is 1060. The van der Waals surface area contributed by atoms with Gasteiger partial charge in [0.25, 0.3) is 0 Å². The summed E-state index contributed by atoms with van der Waals surface area (Å²) in [4.78, 5) is 13.0. The molecule has 4 nitrogen and oxygen atoms in total. The molecule has 4 rings (SSSR count). The van der Waals surface area contributed by atoms with Gasteiger partial charge in [-0.25, -0.2) is 13.6 Å². The number of epoxide rings is 1. The van der Waals surface area contributed by atoms with E-state index in [-0.39, 0.29) is 17.9 Å². The van der Waals surface area contributed by atoms with Crippen LogP contribution in [0.1, 0.15) is 43.9 Å². The molecule has 3 aromatic rings. The summed E-state index contributed by atoms with van der Waals surface area (Å²) in [5, 5.41) is 0. The van der Waals surface area contributed by atoms with Gasteiger partial charge in [0.1, 0.15) is 17.2 Å². The molecule has 0 spiro atoms. The Hall–Kier alpha value is -2.73. The lowest BCUT2D eigenvalue weighted by molar-refractivity contribution is 0.222. The first-order valence-corrected chi connectivity index (χ1v) is 9.33. The second-order valence-corrected chi connectivity index (χ2v) is 7.58. The van der Waals surface area contributed by atoms with E-state index in [2.05, 4.69) is 13.8 Å². The van der Waals surface area contributed by atoms with E-state index in [0.717, 1.165) is 11.8 Å². The molecule has 0 saturated carbocycles. The summed E-state index contributed by atoms with van der Waals surface area (Å²) in [5.74, 6) is -0.896. The van der Waals surface area contributed by atoms with E-state index in [4.69, 9.17) is 4.74 Å². The molecule has 6 heteroatoms. The van der Waals surface area contributed by atoms with Gasteiger partial charge in [0.2, 0.25) is 0 Å². The molecule has 0 bridgehead atoms. The topological polar surface area (TPSA) is 39.5 Å². The first-order chi connectivity index (χ1) is 13.3. The molecular weight excluding hydrogens is 362 g/mol. The molecule has 0 N–H and O–H groups in total. The molecule has 0 radical (unpaired) electrons. The number of aromatic nitrogens is 2. The van der Waals surface area contributed by atoms with Crippen LogP contribution in [0.15, 0.2) is 59.7 Å². The van der Waals surface area contributed by atoms with Crippen LogP contribution in [0.2, 0.25) is 0 Å². The number of halogens is 2. The summed E-state index contributed by atoms with van der Waals surface area (Å²) in [6.45, 7) is 6.31. The average Bonchev–Trinajstić information content (AvgIpc) is 3.38. The number of ether oxygens (including phenoxy) is 1. The highest BCUT2D eigenvalue weighted by Crippen LogP contribution is 2.48. The molecule has 28 heavy (non-hydrogen) atoms. The number of hydrogen-bond donors (Lipinski definition) is 0. The highest BCUT2D eigenvalue weighted by molar-refractivity contribution is 5.36. The van der Waals surface area contributed by atoms with Crippen molar-refractivity contribution < 1.29 is 13.5 Å². The molecule has 146 valence electrons. The Morgan fingerprint density at radius 2 is 1.71 bits per heavy atom. The van der Waals surface area contributed by atoms with Crippen molar-refractivity contribution in [2.45, 2.75) is 38.3 Å². The maximum Gasteiger partial charge on any atom is 0.333 e. The van der Waals surface area contributed by atoms with Gasteiger partial charge in [-0.1, -0.05) is 32.0 Å². The van der Waals surface area contributed by atoms with Crippen molar-refractivity contribution >= 4 is 0 Å². The lowest BCUT2D eigenvalue weighted by Gasteiger charge is -2.22. The molecule has 0 amide bonds. The van der Waals surface area contributed by atoms with Gasteiger partial charge in [0, 0.05) is 24.0 Å². The molecule has 2 aromatic carbocycles. The van der Waals surface area contributed by atoms with Crippen LogP contribution in [0.4, 0.5) is 8.78 Å². The Morgan fingerprint density at radius 3 is 2.29 bits per heavy atom. The summed E-state index contributed by atoms with van der Waals surface area (Å²) in [5.41, 5.74) is 1.03. The van der Waals surface area contributed by atoms with Crippen molar-refractivity contribution in [2.24, 2.45) is 0 Å². The Kier molecular flexibility index (Phi) is 4.46. The molecular formula is C22H22F2N2O2. The minimum absolute atomic E-state index is 0.234. The molecule has 1 aliphatic rings. The van der Waals surface area contributed by atoms with Gasteiger partial charge in [0.05, 0.1) is 18.3 Å². The second-order valence-electron chi connectivity index (χ2n) is 7.58. The van der Waals surface area contributed by atoms with Gasteiger partial charge in [-0.3, -0.25) is 9.13 Å². The summed E-state index contributed by atoms with van der Waals surface area (Å²) >= 11 is 0. The third-order valence-electron chi connectivity index (χ3n) is 5.58. The molecule has 1 aliphatic heterocycles. The van der Waals surface area contributed by atoms with E-state index in [0.29, 0.717) is 5.92 Å². The molecule has 0 unspecified atom stereocenters. The van der Waals surface area contributed by atoms with Crippen LogP contribution in [-0.4, -0.2) is 15.7 Å². The zero-order chi connectivity index (χ0) is 20.1. The predicted molar refractivity (Wildman–Crippen MR) is 103 cm³/mol. The smallest absolute Gasteiger partial charge is 0.333 e. The minimum Gasteiger partial charge on any atom is -0.362 e. The first-order valence-electron chi connectivity index (χ1n) is 9.33. The van der Waals surface area contributed by atoms with Gasteiger partial charge in [0.15, 0.2) is 0 Å². The highest BCUT2D eigenvalue weighted by Gasteiger charge is 2.54. The number of imidazole rings is 1. The molecule has 0 aliphatic carbocycles. The first kappa shape index (κ1) is 18.6. The quantitative estimate of drug-likeness (QED) is 0.607. The van der Waals surface area contributed by atoms with Crippen molar-refractivity contribution in [3.05, 3.63) is 88.1 Å². The van der Waals surface area contributed by atoms with Gasteiger partial charge in [-0.15, -0.1) is 0 Å². The van der Waals surface area contributed by atoms with E-state index >= 15 is 0 Å². The van der Waals surface area contributed by atoms with Gasteiger partial charge >= 0.3 is 5.69 Å². The van der Waals surface area contributed by atoms with Crippen LogP contribution in [0.25, 0.3) is 5.69 Å². The maximum atomic E-state index is 14.3. The van der Waals surface area contributed by atoms with Gasteiger partial charge < -0.3 is 4.74 Å². The molecule has 2 heterocycles. The summed E-state index contributed by atoms with van der Waals surface area (Å²) in [7, 11) is 0. The number of nitrogens with zero attached hydrogens (tertiary/aromatic N) is 2. The van der Waals surface area contributed by atoms with E-state index in [1.54, 1.807) is 17.0 Å². The highest BCUT2D eigenvalue weighted by atomic mass is 19.1. The van der Waals surface area contributed by atoms with Crippen LogP contribution >= 0.6 is 0 Å². The Labute approximate surface area is 162 Å². The largest absolute Gasteiger partial charge is 0.362 e. The normalized spacial score (nSPS) is 19.8.